The van der Waals surface area contributed by atoms with Crippen molar-refractivity contribution in [1.82, 2.24) is 0 Å². The Kier molecular flexibility index (Phi) is 3.85. The number of esters is 2. The van der Waals surface area contributed by atoms with Gasteiger partial charge in [0.05, 0.1) is 11.3 Å². The lowest BCUT2D eigenvalue weighted by Gasteiger charge is -2.27. The molecule has 0 aromatic carbocycles. The summed E-state index contributed by atoms with van der Waals surface area (Å²) in [4.78, 5) is 23.7. The van der Waals surface area contributed by atoms with Crippen molar-refractivity contribution in [3.05, 3.63) is 0 Å². The maximum absolute atomic E-state index is 12.0. The number of ether oxygens (including phenoxy) is 3. The Hall–Kier alpha value is -1.10. The predicted molar refractivity (Wildman–Crippen MR) is 67.4 cm³/mol. The fourth-order valence-corrected chi connectivity index (χ4v) is 2.38. The van der Waals surface area contributed by atoms with Gasteiger partial charge in [0.25, 0.3) is 0 Å². The van der Waals surface area contributed by atoms with E-state index >= 15 is 0 Å². The second-order valence-electron chi connectivity index (χ2n) is 5.98. The SMILES string of the molecule is CCC(C)(C)C(=O)OC(C)C1OC(=O)C2CCOC21. The van der Waals surface area contributed by atoms with Crippen molar-refractivity contribution in [2.75, 3.05) is 6.61 Å². The molecule has 2 fully saturated rings. The first-order valence-corrected chi connectivity index (χ1v) is 6.90. The summed E-state index contributed by atoms with van der Waals surface area (Å²) in [5.41, 5.74) is -0.521. The van der Waals surface area contributed by atoms with E-state index in [1.165, 1.54) is 0 Å². The lowest BCUT2D eigenvalue weighted by atomic mass is 9.90. The zero-order chi connectivity index (χ0) is 14.2. The second-order valence-corrected chi connectivity index (χ2v) is 5.98. The number of hydrogen-bond donors (Lipinski definition) is 0. The van der Waals surface area contributed by atoms with Crippen molar-refractivity contribution in [1.29, 1.82) is 0 Å². The van der Waals surface area contributed by atoms with Gasteiger partial charge < -0.3 is 14.2 Å². The Morgan fingerprint density at radius 3 is 2.84 bits per heavy atom. The zero-order valence-corrected chi connectivity index (χ0v) is 12.0. The fourth-order valence-electron chi connectivity index (χ4n) is 2.38. The highest BCUT2D eigenvalue weighted by Gasteiger charge is 2.51. The van der Waals surface area contributed by atoms with Crippen LogP contribution in [-0.2, 0) is 23.8 Å². The molecule has 0 spiro atoms. The van der Waals surface area contributed by atoms with E-state index in [0.29, 0.717) is 19.4 Å². The number of cyclic esters (lactones) is 1. The Morgan fingerprint density at radius 1 is 1.53 bits per heavy atom. The van der Waals surface area contributed by atoms with Crippen LogP contribution in [0.5, 0.6) is 0 Å². The summed E-state index contributed by atoms with van der Waals surface area (Å²) < 4.78 is 16.3. The summed E-state index contributed by atoms with van der Waals surface area (Å²) in [6, 6.07) is 0. The van der Waals surface area contributed by atoms with E-state index in [4.69, 9.17) is 14.2 Å². The third kappa shape index (κ3) is 2.61. The van der Waals surface area contributed by atoms with Gasteiger partial charge in [0.15, 0.2) is 6.10 Å². The van der Waals surface area contributed by atoms with Crippen LogP contribution in [0.2, 0.25) is 0 Å². The molecule has 0 radical (unpaired) electrons. The molecule has 2 aliphatic rings. The minimum atomic E-state index is -0.521. The summed E-state index contributed by atoms with van der Waals surface area (Å²) in [6.45, 7) is 7.96. The Bertz CT molecular complexity index is 376. The summed E-state index contributed by atoms with van der Waals surface area (Å²) >= 11 is 0. The first-order valence-electron chi connectivity index (χ1n) is 6.90. The molecule has 0 aliphatic carbocycles. The monoisotopic (exact) mass is 270 g/mol. The lowest BCUT2D eigenvalue weighted by molar-refractivity contribution is -0.172. The van der Waals surface area contributed by atoms with Crippen LogP contribution < -0.4 is 0 Å². The molecule has 5 nitrogen and oxygen atoms in total. The molecule has 0 saturated carbocycles. The van der Waals surface area contributed by atoms with Gasteiger partial charge in [0.1, 0.15) is 12.2 Å². The largest absolute Gasteiger partial charge is 0.458 e. The molecular weight excluding hydrogens is 248 g/mol. The van der Waals surface area contributed by atoms with Crippen molar-refractivity contribution in [3.8, 4) is 0 Å². The fraction of sp³-hybridized carbons (Fsp3) is 0.857. The highest BCUT2D eigenvalue weighted by molar-refractivity contribution is 5.77. The molecule has 0 aromatic rings. The Labute approximate surface area is 113 Å². The highest BCUT2D eigenvalue weighted by atomic mass is 16.6. The van der Waals surface area contributed by atoms with Crippen LogP contribution in [0.1, 0.15) is 40.5 Å². The van der Waals surface area contributed by atoms with E-state index in [-0.39, 0.29) is 24.0 Å². The third-order valence-corrected chi connectivity index (χ3v) is 4.21. The van der Waals surface area contributed by atoms with Crippen LogP contribution in [0.25, 0.3) is 0 Å². The van der Waals surface area contributed by atoms with E-state index < -0.39 is 17.6 Å². The van der Waals surface area contributed by atoms with Gasteiger partial charge in [-0.3, -0.25) is 9.59 Å². The number of rotatable bonds is 4. The van der Waals surface area contributed by atoms with Gasteiger partial charge in [-0.05, 0) is 33.6 Å². The number of fused-ring (bicyclic) bond motifs is 1. The summed E-state index contributed by atoms with van der Waals surface area (Å²) in [5.74, 6) is -0.685. The van der Waals surface area contributed by atoms with Crippen molar-refractivity contribution < 1.29 is 23.8 Å². The summed E-state index contributed by atoms with van der Waals surface area (Å²) in [5, 5.41) is 0. The molecule has 0 bridgehead atoms. The molecule has 19 heavy (non-hydrogen) atoms. The molecule has 0 N–H and O–H groups in total. The molecular formula is C14H22O5. The third-order valence-electron chi connectivity index (χ3n) is 4.21. The Morgan fingerprint density at radius 2 is 2.21 bits per heavy atom. The van der Waals surface area contributed by atoms with Gasteiger partial charge in [-0.2, -0.15) is 0 Å². The molecule has 4 unspecified atom stereocenters. The highest BCUT2D eigenvalue weighted by Crippen LogP contribution is 2.35. The van der Waals surface area contributed by atoms with Crippen LogP contribution in [0.3, 0.4) is 0 Å². The molecule has 2 saturated heterocycles. The average molecular weight is 270 g/mol. The molecule has 108 valence electrons. The van der Waals surface area contributed by atoms with Gasteiger partial charge in [-0.15, -0.1) is 0 Å². The van der Waals surface area contributed by atoms with E-state index in [2.05, 4.69) is 0 Å². The number of carbonyl (C=O) groups is 2. The van der Waals surface area contributed by atoms with E-state index in [1.54, 1.807) is 6.92 Å². The zero-order valence-electron chi connectivity index (χ0n) is 12.0. The van der Waals surface area contributed by atoms with Crippen LogP contribution in [-0.4, -0.2) is 36.9 Å². The standard InChI is InChI=1S/C14H22O5/c1-5-14(3,4)13(16)18-8(2)10-11-9(6-7-17-11)12(15)19-10/h8-11H,5-7H2,1-4H3. The second kappa shape index (κ2) is 5.12. The molecule has 0 aromatic heterocycles. The van der Waals surface area contributed by atoms with Crippen molar-refractivity contribution >= 4 is 11.9 Å². The average Bonchev–Trinajstić information content (AvgIpc) is 2.93. The minimum Gasteiger partial charge on any atom is -0.458 e. The van der Waals surface area contributed by atoms with E-state index in [0.717, 1.165) is 0 Å². The summed E-state index contributed by atoms with van der Waals surface area (Å²) in [6.07, 6.45) is 0.180. The maximum atomic E-state index is 12.0. The first kappa shape index (κ1) is 14.3. The number of carbonyl (C=O) groups excluding carboxylic acids is 2. The van der Waals surface area contributed by atoms with Crippen LogP contribution in [0.15, 0.2) is 0 Å². The van der Waals surface area contributed by atoms with Crippen molar-refractivity contribution in [3.63, 3.8) is 0 Å². The topological polar surface area (TPSA) is 61.8 Å². The van der Waals surface area contributed by atoms with Gasteiger partial charge in [0.2, 0.25) is 0 Å². The smallest absolute Gasteiger partial charge is 0.312 e. The molecule has 5 heteroatoms. The maximum Gasteiger partial charge on any atom is 0.312 e. The van der Waals surface area contributed by atoms with Crippen LogP contribution >= 0.6 is 0 Å². The van der Waals surface area contributed by atoms with Gasteiger partial charge in [-0.25, -0.2) is 0 Å². The van der Waals surface area contributed by atoms with Crippen LogP contribution in [0, 0.1) is 11.3 Å². The van der Waals surface area contributed by atoms with Gasteiger partial charge >= 0.3 is 11.9 Å². The molecule has 2 rings (SSSR count). The minimum absolute atomic E-state index is 0.190. The molecule has 2 heterocycles. The first-order chi connectivity index (χ1) is 8.86. The number of hydrogen-bond acceptors (Lipinski definition) is 5. The molecule has 4 atom stereocenters. The van der Waals surface area contributed by atoms with Gasteiger partial charge in [-0.1, -0.05) is 6.92 Å². The molecule has 2 aliphatic heterocycles. The summed E-state index contributed by atoms with van der Waals surface area (Å²) in [7, 11) is 0. The van der Waals surface area contributed by atoms with Gasteiger partial charge in [0, 0.05) is 6.61 Å². The van der Waals surface area contributed by atoms with Crippen LogP contribution in [0.4, 0.5) is 0 Å². The predicted octanol–water partition coefficient (Wildman–Crippen LogP) is 1.68. The van der Waals surface area contributed by atoms with Crippen molar-refractivity contribution in [2.24, 2.45) is 11.3 Å². The van der Waals surface area contributed by atoms with E-state index in [1.807, 2.05) is 20.8 Å². The molecule has 0 amide bonds. The van der Waals surface area contributed by atoms with Crippen molar-refractivity contribution in [2.45, 2.75) is 58.8 Å². The Balaban J connectivity index is 1.99. The normalized spacial score (nSPS) is 31.8. The quantitative estimate of drug-likeness (QED) is 0.727. The lowest BCUT2D eigenvalue weighted by Crippen LogP contribution is -2.40. The van der Waals surface area contributed by atoms with E-state index in [9.17, 15) is 9.59 Å².